The summed E-state index contributed by atoms with van der Waals surface area (Å²) in [7, 11) is 0. The first-order chi connectivity index (χ1) is 11.7. The van der Waals surface area contributed by atoms with Gasteiger partial charge in [0.25, 0.3) is 0 Å². The van der Waals surface area contributed by atoms with Crippen molar-refractivity contribution in [2.45, 2.75) is 45.3 Å². The fourth-order valence-corrected chi connectivity index (χ4v) is 4.45. The summed E-state index contributed by atoms with van der Waals surface area (Å²) in [5.41, 5.74) is 2.15. The van der Waals surface area contributed by atoms with E-state index in [1.165, 1.54) is 5.56 Å². The van der Waals surface area contributed by atoms with Gasteiger partial charge in [-0.15, -0.1) is 0 Å². The van der Waals surface area contributed by atoms with Crippen molar-refractivity contribution >= 4 is 16.7 Å². The highest BCUT2D eigenvalue weighted by Crippen LogP contribution is 2.51. The highest BCUT2D eigenvalue weighted by atomic mass is 16.5. The number of aromatic nitrogens is 2. The predicted molar refractivity (Wildman–Crippen MR) is 94.2 cm³/mol. The van der Waals surface area contributed by atoms with Gasteiger partial charge in [0.2, 0.25) is 0 Å². The van der Waals surface area contributed by atoms with E-state index in [-0.39, 0.29) is 17.6 Å². The van der Waals surface area contributed by atoms with Gasteiger partial charge < -0.3 is 14.7 Å². The lowest BCUT2D eigenvalue weighted by Crippen LogP contribution is -2.62. The molecule has 1 N–H and O–H groups in total. The van der Waals surface area contributed by atoms with Gasteiger partial charge in [-0.3, -0.25) is 0 Å². The zero-order chi connectivity index (χ0) is 16.7. The second-order valence-corrected chi connectivity index (χ2v) is 7.08. The van der Waals surface area contributed by atoms with Crippen LogP contribution in [0.15, 0.2) is 24.5 Å². The molecule has 2 heterocycles. The third kappa shape index (κ3) is 2.30. The van der Waals surface area contributed by atoms with Crippen molar-refractivity contribution in [1.29, 1.82) is 0 Å². The normalized spacial score (nSPS) is 25.9. The predicted octanol–water partition coefficient (Wildman–Crippen LogP) is 2.69. The Bertz CT molecular complexity index is 733. The zero-order valence-electron chi connectivity index (χ0n) is 14.4. The number of benzene rings is 1. The van der Waals surface area contributed by atoms with Crippen LogP contribution < -0.4 is 4.90 Å². The monoisotopic (exact) mass is 327 g/mol. The Hall–Kier alpha value is -1.72. The average Bonchev–Trinajstić information content (AvgIpc) is 2.61. The van der Waals surface area contributed by atoms with E-state index in [0.29, 0.717) is 0 Å². The molecule has 1 aromatic heterocycles. The van der Waals surface area contributed by atoms with Gasteiger partial charge in [0.1, 0.15) is 12.1 Å². The third-order valence-corrected chi connectivity index (χ3v) is 5.96. The standard InChI is InChI=1S/C19H25N3O2/c1-3-24-16-11-15(23)19(16)7-9-22(10-8-19)18-17-13(2)5-4-6-14(17)20-12-21-18/h4-6,12,15-16,23H,3,7-11H2,1-2H3/t15-,16+/m1/s1. The molecule has 5 heteroatoms. The van der Waals surface area contributed by atoms with Gasteiger partial charge in [-0.1, -0.05) is 12.1 Å². The van der Waals surface area contributed by atoms with Crippen molar-refractivity contribution < 1.29 is 9.84 Å². The number of aliphatic hydroxyl groups excluding tert-OH is 1. The molecular weight excluding hydrogens is 302 g/mol. The van der Waals surface area contributed by atoms with E-state index in [4.69, 9.17) is 4.74 Å². The number of hydrogen-bond donors (Lipinski definition) is 1. The number of aliphatic hydroxyl groups is 1. The number of hydrogen-bond acceptors (Lipinski definition) is 5. The van der Waals surface area contributed by atoms with Gasteiger partial charge in [0.15, 0.2) is 0 Å². The molecule has 0 bridgehead atoms. The van der Waals surface area contributed by atoms with Crippen molar-refractivity contribution in [3.8, 4) is 0 Å². The molecule has 2 fully saturated rings. The first-order valence-corrected chi connectivity index (χ1v) is 8.90. The Labute approximate surface area is 142 Å². The largest absolute Gasteiger partial charge is 0.392 e. The van der Waals surface area contributed by atoms with Crippen molar-refractivity contribution in [2.75, 3.05) is 24.6 Å². The molecule has 1 saturated carbocycles. The van der Waals surface area contributed by atoms with E-state index in [9.17, 15) is 5.11 Å². The highest BCUT2D eigenvalue weighted by Gasteiger charge is 2.56. The molecule has 1 aliphatic carbocycles. The average molecular weight is 327 g/mol. The molecule has 0 unspecified atom stereocenters. The minimum atomic E-state index is -0.222. The van der Waals surface area contributed by atoms with Crippen LogP contribution in [0.4, 0.5) is 5.82 Å². The van der Waals surface area contributed by atoms with Crippen LogP contribution in [0, 0.1) is 12.3 Å². The van der Waals surface area contributed by atoms with E-state index in [2.05, 4.69) is 27.9 Å². The van der Waals surface area contributed by atoms with Crippen LogP contribution in [0.2, 0.25) is 0 Å². The molecule has 1 aromatic carbocycles. The Kier molecular flexibility index (Phi) is 3.93. The third-order valence-electron chi connectivity index (χ3n) is 5.96. The summed E-state index contributed by atoms with van der Waals surface area (Å²) in [4.78, 5) is 11.3. The first kappa shape index (κ1) is 15.8. The van der Waals surface area contributed by atoms with Crippen molar-refractivity contribution in [1.82, 2.24) is 9.97 Å². The smallest absolute Gasteiger partial charge is 0.140 e. The molecule has 1 spiro atoms. The lowest BCUT2D eigenvalue weighted by Gasteiger charge is -2.56. The summed E-state index contributed by atoms with van der Waals surface area (Å²) in [5, 5.41) is 11.5. The van der Waals surface area contributed by atoms with Crippen LogP contribution in [0.3, 0.4) is 0 Å². The number of nitrogens with zero attached hydrogens (tertiary/aromatic N) is 3. The molecule has 5 nitrogen and oxygen atoms in total. The maximum atomic E-state index is 10.4. The van der Waals surface area contributed by atoms with Gasteiger partial charge in [0.05, 0.1) is 17.7 Å². The minimum absolute atomic E-state index is 0.0512. The van der Waals surface area contributed by atoms with Crippen LogP contribution in [0.25, 0.3) is 10.9 Å². The van der Waals surface area contributed by atoms with Crippen molar-refractivity contribution in [2.24, 2.45) is 5.41 Å². The Morgan fingerprint density at radius 3 is 2.79 bits per heavy atom. The maximum absolute atomic E-state index is 10.4. The summed E-state index contributed by atoms with van der Waals surface area (Å²) in [6.07, 6.45) is 4.34. The molecular formula is C19H25N3O2. The zero-order valence-corrected chi connectivity index (χ0v) is 14.4. The Morgan fingerprint density at radius 1 is 1.29 bits per heavy atom. The van der Waals surface area contributed by atoms with Gasteiger partial charge in [-0.05, 0) is 38.3 Å². The molecule has 4 rings (SSSR count). The number of ether oxygens (including phenoxy) is 1. The maximum Gasteiger partial charge on any atom is 0.140 e. The van der Waals surface area contributed by atoms with Crippen LogP contribution >= 0.6 is 0 Å². The Morgan fingerprint density at radius 2 is 2.08 bits per heavy atom. The van der Waals surface area contributed by atoms with E-state index < -0.39 is 0 Å². The molecule has 1 saturated heterocycles. The molecule has 1 aliphatic heterocycles. The van der Waals surface area contributed by atoms with Gasteiger partial charge in [-0.2, -0.15) is 0 Å². The fourth-order valence-electron chi connectivity index (χ4n) is 4.45. The number of piperidine rings is 1. The summed E-state index contributed by atoms with van der Waals surface area (Å²) in [6, 6.07) is 6.19. The van der Waals surface area contributed by atoms with Gasteiger partial charge >= 0.3 is 0 Å². The lowest BCUT2D eigenvalue weighted by molar-refractivity contribution is -0.199. The van der Waals surface area contributed by atoms with E-state index in [0.717, 1.165) is 55.7 Å². The highest BCUT2D eigenvalue weighted by molar-refractivity contribution is 5.92. The van der Waals surface area contributed by atoms with E-state index in [1.54, 1.807) is 6.33 Å². The summed E-state index contributed by atoms with van der Waals surface area (Å²) in [5.74, 6) is 1.02. The van der Waals surface area contributed by atoms with Crippen LogP contribution in [0.5, 0.6) is 0 Å². The Balaban J connectivity index is 1.59. The SMILES string of the molecule is CCO[C@H]1C[C@@H](O)C12CCN(c1ncnc3cccc(C)c13)CC2. The lowest BCUT2D eigenvalue weighted by atomic mass is 9.58. The quantitative estimate of drug-likeness (QED) is 0.939. The molecule has 24 heavy (non-hydrogen) atoms. The second-order valence-electron chi connectivity index (χ2n) is 7.08. The molecule has 0 radical (unpaired) electrons. The van der Waals surface area contributed by atoms with Gasteiger partial charge in [0, 0.05) is 36.9 Å². The van der Waals surface area contributed by atoms with Crippen LogP contribution in [-0.4, -0.2) is 47.0 Å². The van der Waals surface area contributed by atoms with Gasteiger partial charge in [-0.25, -0.2) is 9.97 Å². The molecule has 2 aromatic rings. The molecule has 128 valence electrons. The van der Waals surface area contributed by atoms with Crippen LogP contribution in [-0.2, 0) is 4.74 Å². The topological polar surface area (TPSA) is 58.5 Å². The van der Waals surface area contributed by atoms with Crippen molar-refractivity contribution in [3.05, 3.63) is 30.1 Å². The van der Waals surface area contributed by atoms with Crippen LogP contribution in [0.1, 0.15) is 31.7 Å². The number of rotatable bonds is 3. The minimum Gasteiger partial charge on any atom is -0.392 e. The number of aryl methyl sites for hydroxylation is 1. The summed E-state index contributed by atoms with van der Waals surface area (Å²) >= 11 is 0. The van der Waals surface area contributed by atoms with E-state index in [1.807, 2.05) is 19.1 Å². The molecule has 2 aliphatic rings. The first-order valence-electron chi connectivity index (χ1n) is 8.90. The van der Waals surface area contributed by atoms with E-state index >= 15 is 0 Å². The molecule has 0 amide bonds. The summed E-state index contributed by atoms with van der Waals surface area (Å²) < 4.78 is 5.87. The summed E-state index contributed by atoms with van der Waals surface area (Å²) in [6.45, 7) is 6.67. The number of anilines is 1. The van der Waals surface area contributed by atoms with Crippen molar-refractivity contribution in [3.63, 3.8) is 0 Å². The second kappa shape index (κ2) is 5.97. The fraction of sp³-hybridized carbons (Fsp3) is 0.579. The number of fused-ring (bicyclic) bond motifs is 1. The molecule has 2 atom stereocenters.